The van der Waals surface area contributed by atoms with Gasteiger partial charge in [0.1, 0.15) is 0 Å². The summed E-state index contributed by atoms with van der Waals surface area (Å²) in [6.07, 6.45) is 4.90. The predicted octanol–water partition coefficient (Wildman–Crippen LogP) is 0.560. The van der Waals surface area contributed by atoms with Crippen molar-refractivity contribution in [3.8, 4) is 0 Å². The zero-order valence-electron chi connectivity index (χ0n) is 7.76. The second-order valence-corrected chi connectivity index (χ2v) is 3.37. The highest BCUT2D eigenvalue weighted by atomic mass is 16.5. The van der Waals surface area contributed by atoms with Crippen molar-refractivity contribution in [3.63, 3.8) is 0 Å². The number of aromatic nitrogens is 2. The van der Waals surface area contributed by atoms with E-state index in [1.54, 1.807) is 6.20 Å². The van der Waals surface area contributed by atoms with Gasteiger partial charge in [-0.05, 0) is 19.4 Å². The molecular weight excluding hydrogens is 166 g/mol. The van der Waals surface area contributed by atoms with Crippen LogP contribution in [0.15, 0.2) is 18.5 Å². The first-order valence-corrected chi connectivity index (χ1v) is 4.69. The van der Waals surface area contributed by atoms with Crippen LogP contribution in [0.1, 0.15) is 19.4 Å². The minimum atomic E-state index is 0.191. The van der Waals surface area contributed by atoms with E-state index in [9.17, 15) is 0 Å². The molecule has 1 aliphatic rings. The van der Waals surface area contributed by atoms with Crippen molar-refractivity contribution in [3.05, 3.63) is 18.5 Å². The lowest BCUT2D eigenvalue weighted by Gasteiger charge is -2.41. The third-order valence-electron chi connectivity index (χ3n) is 2.54. The molecule has 2 N–H and O–H groups in total. The molecule has 1 aliphatic carbocycles. The number of nitrogens with zero attached hydrogens (tertiary/aromatic N) is 2. The summed E-state index contributed by atoms with van der Waals surface area (Å²) in [6.45, 7) is 2.75. The summed E-state index contributed by atoms with van der Waals surface area (Å²) in [6, 6.07) is 2.33. The number of ether oxygens (including phenoxy) is 1. The first-order chi connectivity index (χ1) is 6.33. The van der Waals surface area contributed by atoms with Crippen molar-refractivity contribution < 1.29 is 4.74 Å². The molecule has 0 bridgehead atoms. The molecule has 1 aromatic rings. The van der Waals surface area contributed by atoms with E-state index in [0.717, 1.165) is 13.0 Å². The number of rotatable bonds is 3. The molecule has 0 amide bonds. The van der Waals surface area contributed by atoms with E-state index in [1.807, 2.05) is 23.9 Å². The van der Waals surface area contributed by atoms with Gasteiger partial charge in [0.15, 0.2) is 0 Å². The van der Waals surface area contributed by atoms with Crippen LogP contribution in [-0.4, -0.2) is 28.5 Å². The predicted molar refractivity (Wildman–Crippen MR) is 49.3 cm³/mol. The Kier molecular flexibility index (Phi) is 2.33. The van der Waals surface area contributed by atoms with Crippen molar-refractivity contribution in [2.24, 2.45) is 5.73 Å². The fourth-order valence-corrected chi connectivity index (χ4v) is 1.83. The Morgan fingerprint density at radius 1 is 1.69 bits per heavy atom. The summed E-state index contributed by atoms with van der Waals surface area (Å²) < 4.78 is 7.44. The first-order valence-electron chi connectivity index (χ1n) is 4.69. The average Bonchev–Trinajstić information content (AvgIpc) is 2.56. The van der Waals surface area contributed by atoms with Gasteiger partial charge in [0.05, 0.1) is 12.1 Å². The standard InChI is InChI=1S/C9H15N3O/c1-2-13-8-6-7(10)9(8)12-5-3-4-11-12/h3-5,7-9H,2,6,10H2,1H3/t7-,8-,9-/m1/s1. The topological polar surface area (TPSA) is 53.1 Å². The Morgan fingerprint density at radius 2 is 2.54 bits per heavy atom. The van der Waals surface area contributed by atoms with E-state index in [-0.39, 0.29) is 18.2 Å². The maximum atomic E-state index is 5.89. The van der Waals surface area contributed by atoms with Crippen LogP contribution in [0, 0.1) is 0 Å². The van der Waals surface area contributed by atoms with Gasteiger partial charge in [0.25, 0.3) is 0 Å². The molecule has 1 aromatic heterocycles. The first kappa shape index (κ1) is 8.72. The van der Waals surface area contributed by atoms with Gasteiger partial charge in [-0.3, -0.25) is 4.68 Å². The Labute approximate surface area is 77.7 Å². The van der Waals surface area contributed by atoms with Gasteiger partial charge in [-0.25, -0.2) is 0 Å². The van der Waals surface area contributed by atoms with Crippen LogP contribution in [0.2, 0.25) is 0 Å². The minimum Gasteiger partial charge on any atom is -0.376 e. The highest BCUT2D eigenvalue weighted by Crippen LogP contribution is 2.33. The lowest BCUT2D eigenvalue weighted by atomic mass is 9.83. The van der Waals surface area contributed by atoms with Gasteiger partial charge in [-0.2, -0.15) is 5.10 Å². The van der Waals surface area contributed by atoms with Gasteiger partial charge in [-0.15, -0.1) is 0 Å². The third-order valence-corrected chi connectivity index (χ3v) is 2.54. The summed E-state index contributed by atoms with van der Waals surface area (Å²) >= 11 is 0. The Morgan fingerprint density at radius 3 is 3.08 bits per heavy atom. The zero-order valence-corrected chi connectivity index (χ0v) is 7.76. The Balaban J connectivity index is 2.04. The monoisotopic (exact) mass is 181 g/mol. The molecule has 2 rings (SSSR count). The van der Waals surface area contributed by atoms with Crippen LogP contribution < -0.4 is 5.73 Å². The van der Waals surface area contributed by atoms with Crippen molar-refractivity contribution in [1.82, 2.24) is 9.78 Å². The maximum Gasteiger partial charge on any atom is 0.0932 e. The van der Waals surface area contributed by atoms with E-state index in [0.29, 0.717) is 0 Å². The Bertz CT molecular complexity index is 258. The maximum absolute atomic E-state index is 5.89. The lowest BCUT2D eigenvalue weighted by molar-refractivity contribution is -0.0511. The number of nitrogens with two attached hydrogens (primary N) is 1. The largest absolute Gasteiger partial charge is 0.376 e. The Hall–Kier alpha value is -0.870. The highest BCUT2D eigenvalue weighted by molar-refractivity contribution is 4.99. The van der Waals surface area contributed by atoms with E-state index < -0.39 is 0 Å². The van der Waals surface area contributed by atoms with Crippen LogP contribution in [-0.2, 0) is 4.74 Å². The molecule has 3 atom stereocenters. The smallest absolute Gasteiger partial charge is 0.0932 e. The molecule has 72 valence electrons. The van der Waals surface area contributed by atoms with Crippen LogP contribution in [0.4, 0.5) is 0 Å². The minimum absolute atomic E-state index is 0.191. The molecule has 1 heterocycles. The van der Waals surface area contributed by atoms with E-state index in [4.69, 9.17) is 10.5 Å². The van der Waals surface area contributed by atoms with Gasteiger partial charge in [-0.1, -0.05) is 0 Å². The SMILES string of the molecule is CCO[C@@H]1C[C@@H](N)[C@H]1n1cccn1. The molecule has 1 fully saturated rings. The fraction of sp³-hybridized carbons (Fsp3) is 0.667. The van der Waals surface area contributed by atoms with E-state index >= 15 is 0 Å². The van der Waals surface area contributed by atoms with Crippen LogP contribution in [0.25, 0.3) is 0 Å². The van der Waals surface area contributed by atoms with Gasteiger partial charge < -0.3 is 10.5 Å². The van der Waals surface area contributed by atoms with Gasteiger partial charge in [0, 0.05) is 25.0 Å². The summed E-state index contributed by atoms with van der Waals surface area (Å²) in [7, 11) is 0. The third kappa shape index (κ3) is 1.47. The van der Waals surface area contributed by atoms with Crippen LogP contribution >= 0.6 is 0 Å². The molecule has 1 saturated carbocycles. The summed E-state index contributed by atoms with van der Waals surface area (Å²) in [5, 5.41) is 4.18. The fourth-order valence-electron chi connectivity index (χ4n) is 1.83. The van der Waals surface area contributed by atoms with Crippen molar-refractivity contribution >= 4 is 0 Å². The van der Waals surface area contributed by atoms with E-state index in [2.05, 4.69) is 5.10 Å². The normalized spacial score (nSPS) is 32.9. The molecule has 4 nitrogen and oxygen atoms in total. The molecule has 0 unspecified atom stereocenters. The van der Waals surface area contributed by atoms with Crippen LogP contribution in [0.5, 0.6) is 0 Å². The second kappa shape index (κ2) is 3.47. The number of hydrogen-bond donors (Lipinski definition) is 1. The zero-order chi connectivity index (χ0) is 9.26. The molecule has 13 heavy (non-hydrogen) atoms. The van der Waals surface area contributed by atoms with Gasteiger partial charge >= 0.3 is 0 Å². The molecular formula is C9H15N3O. The quantitative estimate of drug-likeness (QED) is 0.741. The lowest BCUT2D eigenvalue weighted by Crippen LogP contribution is -2.53. The van der Waals surface area contributed by atoms with Crippen LogP contribution in [0.3, 0.4) is 0 Å². The molecule has 0 aliphatic heterocycles. The van der Waals surface area contributed by atoms with Crippen molar-refractivity contribution in [1.29, 1.82) is 0 Å². The molecule has 0 spiro atoms. The van der Waals surface area contributed by atoms with Gasteiger partial charge in [0.2, 0.25) is 0 Å². The summed E-state index contributed by atoms with van der Waals surface area (Å²) in [5.74, 6) is 0. The number of hydrogen-bond acceptors (Lipinski definition) is 3. The highest BCUT2D eigenvalue weighted by Gasteiger charge is 2.40. The molecule has 4 heteroatoms. The summed E-state index contributed by atoms with van der Waals surface area (Å²) in [4.78, 5) is 0. The summed E-state index contributed by atoms with van der Waals surface area (Å²) in [5.41, 5.74) is 5.89. The van der Waals surface area contributed by atoms with Crippen molar-refractivity contribution in [2.45, 2.75) is 31.5 Å². The second-order valence-electron chi connectivity index (χ2n) is 3.37. The molecule has 0 radical (unpaired) electrons. The van der Waals surface area contributed by atoms with Crippen molar-refractivity contribution in [2.75, 3.05) is 6.61 Å². The molecule has 0 aromatic carbocycles. The molecule has 0 saturated heterocycles. The van der Waals surface area contributed by atoms with E-state index in [1.165, 1.54) is 0 Å². The average molecular weight is 181 g/mol.